The third kappa shape index (κ3) is 2.37. The fourth-order valence-corrected chi connectivity index (χ4v) is 4.14. The minimum absolute atomic E-state index is 0.0484. The van der Waals surface area contributed by atoms with Crippen molar-refractivity contribution in [3.8, 4) is 0 Å². The van der Waals surface area contributed by atoms with Crippen LogP contribution in [0, 0.1) is 5.92 Å². The molecule has 0 amide bonds. The first-order valence-electron chi connectivity index (χ1n) is 8.74. The summed E-state index contributed by atoms with van der Waals surface area (Å²) in [6, 6.07) is 0. The van der Waals surface area contributed by atoms with Crippen LogP contribution >= 0.6 is 0 Å². The number of allylic oxidation sites excluding steroid dienone is 2. The lowest BCUT2D eigenvalue weighted by molar-refractivity contribution is 0.0907. The monoisotopic (exact) mass is 321 g/mol. The molecule has 0 aromatic carbocycles. The number of aromatic amines is 1. The van der Waals surface area contributed by atoms with E-state index in [1.807, 2.05) is 12.3 Å². The molecule has 124 valence electrons. The molecule has 4 nitrogen and oxygen atoms in total. The molecule has 0 saturated carbocycles. The Morgan fingerprint density at radius 1 is 1.54 bits per heavy atom. The highest BCUT2D eigenvalue weighted by Gasteiger charge is 2.31. The van der Waals surface area contributed by atoms with Gasteiger partial charge < -0.3 is 9.55 Å². The van der Waals surface area contributed by atoms with Crippen molar-refractivity contribution < 1.29 is 4.79 Å². The Morgan fingerprint density at radius 3 is 3.25 bits per heavy atom. The second kappa shape index (κ2) is 5.93. The number of Topliss-reactive ketones (excluding diaryl/α,β-unsaturated/α-hetero) is 1. The highest BCUT2D eigenvalue weighted by Crippen LogP contribution is 2.35. The lowest BCUT2D eigenvalue weighted by atomic mass is 9.82. The first-order chi connectivity index (χ1) is 11.7. The van der Waals surface area contributed by atoms with Gasteiger partial charge in [0.25, 0.3) is 0 Å². The van der Waals surface area contributed by atoms with Gasteiger partial charge in [0.1, 0.15) is 0 Å². The van der Waals surface area contributed by atoms with E-state index in [1.165, 1.54) is 5.69 Å². The fraction of sp³-hybridized carbons (Fsp3) is 0.400. The summed E-state index contributed by atoms with van der Waals surface area (Å²) in [7, 11) is 0. The first-order valence-corrected chi connectivity index (χ1v) is 8.74. The van der Waals surface area contributed by atoms with Gasteiger partial charge in [-0.15, -0.1) is 6.58 Å². The van der Waals surface area contributed by atoms with Crippen LogP contribution in [0.25, 0.3) is 6.08 Å². The van der Waals surface area contributed by atoms with Crippen LogP contribution in [0.5, 0.6) is 0 Å². The SMILES string of the molecule is C=CCn1cc(C(=O)C2CCc3nc[nH]c3C2)c2c1C(C)CC=C2. The quantitative estimate of drug-likeness (QED) is 0.686. The zero-order chi connectivity index (χ0) is 16.7. The molecule has 0 aliphatic heterocycles. The summed E-state index contributed by atoms with van der Waals surface area (Å²) in [4.78, 5) is 20.8. The Bertz CT molecular complexity index is 824. The van der Waals surface area contributed by atoms with Crippen LogP contribution in [-0.4, -0.2) is 20.3 Å². The van der Waals surface area contributed by atoms with Crippen molar-refractivity contribution in [2.75, 3.05) is 0 Å². The molecule has 0 spiro atoms. The van der Waals surface area contributed by atoms with Crippen molar-refractivity contribution in [1.29, 1.82) is 0 Å². The van der Waals surface area contributed by atoms with Crippen molar-refractivity contribution in [2.24, 2.45) is 5.92 Å². The predicted octanol–water partition coefficient (Wildman–Crippen LogP) is 3.91. The number of nitrogens with one attached hydrogen (secondary N) is 1. The van der Waals surface area contributed by atoms with E-state index < -0.39 is 0 Å². The van der Waals surface area contributed by atoms with Gasteiger partial charge in [-0.05, 0) is 25.7 Å². The lowest BCUT2D eigenvalue weighted by Gasteiger charge is -2.21. The van der Waals surface area contributed by atoms with E-state index in [4.69, 9.17) is 0 Å². The molecule has 2 aliphatic rings. The molecule has 1 N–H and O–H groups in total. The second-order valence-electron chi connectivity index (χ2n) is 6.95. The Hall–Kier alpha value is -2.36. The average Bonchev–Trinajstić information content (AvgIpc) is 3.19. The molecule has 0 bridgehead atoms. The largest absolute Gasteiger partial charge is 0.348 e. The summed E-state index contributed by atoms with van der Waals surface area (Å²) in [5, 5.41) is 0. The Balaban J connectivity index is 1.69. The number of hydrogen-bond donors (Lipinski definition) is 1. The third-order valence-corrected chi connectivity index (χ3v) is 5.35. The van der Waals surface area contributed by atoms with Crippen LogP contribution in [-0.2, 0) is 19.4 Å². The molecule has 0 radical (unpaired) electrons. The van der Waals surface area contributed by atoms with Gasteiger partial charge in [0.05, 0.1) is 12.0 Å². The smallest absolute Gasteiger partial charge is 0.168 e. The van der Waals surface area contributed by atoms with Crippen LogP contribution in [0.15, 0.2) is 31.3 Å². The molecule has 4 rings (SSSR count). The van der Waals surface area contributed by atoms with E-state index in [0.29, 0.717) is 5.92 Å². The zero-order valence-electron chi connectivity index (χ0n) is 14.1. The van der Waals surface area contributed by atoms with Crippen molar-refractivity contribution in [3.05, 3.63) is 59.5 Å². The fourth-order valence-electron chi connectivity index (χ4n) is 4.14. The number of nitrogens with zero attached hydrogens (tertiary/aromatic N) is 2. The predicted molar refractivity (Wildman–Crippen MR) is 95.1 cm³/mol. The van der Waals surface area contributed by atoms with E-state index in [9.17, 15) is 4.79 Å². The highest BCUT2D eigenvalue weighted by atomic mass is 16.1. The maximum absolute atomic E-state index is 13.2. The Morgan fingerprint density at radius 2 is 2.42 bits per heavy atom. The summed E-state index contributed by atoms with van der Waals surface area (Å²) in [5.74, 6) is 0.761. The van der Waals surface area contributed by atoms with Crippen molar-refractivity contribution in [1.82, 2.24) is 14.5 Å². The van der Waals surface area contributed by atoms with Crippen molar-refractivity contribution in [2.45, 2.75) is 45.1 Å². The maximum atomic E-state index is 13.2. The van der Waals surface area contributed by atoms with Gasteiger partial charge >= 0.3 is 0 Å². The van der Waals surface area contributed by atoms with Gasteiger partial charge in [-0.3, -0.25) is 4.79 Å². The minimum atomic E-state index is 0.0484. The number of rotatable bonds is 4. The zero-order valence-corrected chi connectivity index (χ0v) is 14.1. The summed E-state index contributed by atoms with van der Waals surface area (Å²) >= 11 is 0. The molecule has 2 aromatic heterocycles. The number of H-pyrrole nitrogens is 1. The van der Waals surface area contributed by atoms with E-state index in [1.54, 1.807) is 6.33 Å². The minimum Gasteiger partial charge on any atom is -0.348 e. The molecule has 2 aromatic rings. The molecule has 2 aliphatic carbocycles. The van der Waals surface area contributed by atoms with Gasteiger partial charge in [-0.2, -0.15) is 0 Å². The molecule has 0 fully saturated rings. The normalized spacial score (nSPS) is 22.0. The highest BCUT2D eigenvalue weighted by molar-refractivity contribution is 6.02. The van der Waals surface area contributed by atoms with E-state index in [2.05, 4.69) is 40.2 Å². The van der Waals surface area contributed by atoms with Crippen molar-refractivity contribution >= 4 is 11.9 Å². The van der Waals surface area contributed by atoms with Gasteiger partial charge in [0, 0.05) is 47.1 Å². The van der Waals surface area contributed by atoms with Crippen LogP contribution in [0.4, 0.5) is 0 Å². The summed E-state index contributed by atoms with van der Waals surface area (Å²) in [6.45, 7) is 6.84. The number of aryl methyl sites for hydroxylation is 1. The van der Waals surface area contributed by atoms with Gasteiger partial charge in [0.2, 0.25) is 0 Å². The number of hydrogen-bond acceptors (Lipinski definition) is 2. The lowest BCUT2D eigenvalue weighted by Crippen LogP contribution is -2.23. The second-order valence-corrected chi connectivity index (χ2v) is 6.95. The number of aromatic nitrogens is 3. The summed E-state index contributed by atoms with van der Waals surface area (Å²) in [5.41, 5.74) is 5.53. The number of fused-ring (bicyclic) bond motifs is 2. The van der Waals surface area contributed by atoms with E-state index in [-0.39, 0.29) is 11.7 Å². The molecule has 24 heavy (non-hydrogen) atoms. The van der Waals surface area contributed by atoms with Gasteiger partial charge in [0.15, 0.2) is 5.78 Å². The topological polar surface area (TPSA) is 50.7 Å². The molecule has 2 atom stereocenters. The van der Waals surface area contributed by atoms with Crippen LogP contribution in [0.1, 0.15) is 58.7 Å². The number of imidazole rings is 1. The van der Waals surface area contributed by atoms with Crippen LogP contribution in [0.2, 0.25) is 0 Å². The third-order valence-electron chi connectivity index (χ3n) is 5.35. The molecular weight excluding hydrogens is 298 g/mol. The summed E-state index contributed by atoms with van der Waals surface area (Å²) < 4.78 is 2.20. The van der Waals surface area contributed by atoms with Gasteiger partial charge in [-0.25, -0.2) is 4.98 Å². The van der Waals surface area contributed by atoms with E-state index >= 15 is 0 Å². The number of carbonyl (C=O) groups excluding carboxylic acids is 1. The number of carbonyl (C=O) groups is 1. The Kier molecular flexibility index (Phi) is 3.75. The maximum Gasteiger partial charge on any atom is 0.168 e. The van der Waals surface area contributed by atoms with E-state index in [0.717, 1.165) is 54.7 Å². The molecule has 2 heterocycles. The molecule has 4 heteroatoms. The number of ketones is 1. The Labute approximate surface area is 142 Å². The van der Waals surface area contributed by atoms with Crippen LogP contribution < -0.4 is 0 Å². The average molecular weight is 321 g/mol. The van der Waals surface area contributed by atoms with Gasteiger partial charge in [-0.1, -0.05) is 25.2 Å². The molecule has 2 unspecified atom stereocenters. The van der Waals surface area contributed by atoms with Crippen LogP contribution in [0.3, 0.4) is 0 Å². The molecular formula is C20H23N3O. The summed E-state index contributed by atoms with van der Waals surface area (Å²) in [6.07, 6.45) is 13.6. The molecule has 0 saturated heterocycles. The first kappa shape index (κ1) is 15.2. The standard InChI is InChI=1S/C20H23N3O/c1-3-9-23-11-16(15-6-4-5-13(2)19(15)23)20(24)14-7-8-17-18(10-14)22-12-21-17/h3-4,6,11-14H,1,5,7-10H2,2H3,(H,21,22). The van der Waals surface area contributed by atoms with Crippen molar-refractivity contribution in [3.63, 3.8) is 0 Å².